The van der Waals surface area contributed by atoms with E-state index in [0.717, 1.165) is 16.8 Å². The van der Waals surface area contributed by atoms with E-state index in [4.69, 9.17) is 4.74 Å². The fraction of sp³-hybridized carbons (Fsp3) is 0.136. The van der Waals surface area contributed by atoms with Crippen LogP contribution in [0, 0.1) is 6.92 Å². The number of aromatic nitrogens is 1. The van der Waals surface area contributed by atoms with Gasteiger partial charge in [0.15, 0.2) is 5.13 Å². The molecule has 28 heavy (non-hydrogen) atoms. The SMILES string of the molecule is CC(=O)N(c1cccc(C)c1)c1nc(COC(=O)/C=C/c2ccccc2)cs1. The van der Waals surface area contributed by atoms with E-state index < -0.39 is 5.97 Å². The maximum absolute atomic E-state index is 12.1. The molecule has 0 fully saturated rings. The molecule has 0 unspecified atom stereocenters. The third kappa shape index (κ3) is 5.14. The molecule has 6 heteroatoms. The van der Waals surface area contributed by atoms with Gasteiger partial charge in [-0.05, 0) is 36.3 Å². The number of nitrogens with zero attached hydrogens (tertiary/aromatic N) is 2. The molecule has 0 atom stereocenters. The Balaban J connectivity index is 1.65. The van der Waals surface area contributed by atoms with Gasteiger partial charge in [0.2, 0.25) is 5.91 Å². The number of amides is 1. The van der Waals surface area contributed by atoms with Crippen LogP contribution < -0.4 is 4.90 Å². The molecular formula is C22H20N2O3S. The van der Waals surface area contributed by atoms with E-state index in [1.54, 1.807) is 16.4 Å². The van der Waals surface area contributed by atoms with Crippen LogP contribution in [0.3, 0.4) is 0 Å². The lowest BCUT2D eigenvalue weighted by Crippen LogP contribution is -2.22. The average molecular weight is 392 g/mol. The van der Waals surface area contributed by atoms with Crippen LogP contribution in [0.5, 0.6) is 0 Å². The first-order valence-corrected chi connectivity index (χ1v) is 9.62. The maximum atomic E-state index is 12.1. The summed E-state index contributed by atoms with van der Waals surface area (Å²) in [7, 11) is 0. The lowest BCUT2D eigenvalue weighted by atomic mass is 10.2. The second-order valence-corrected chi connectivity index (χ2v) is 7.00. The lowest BCUT2D eigenvalue weighted by molar-refractivity contribution is -0.139. The largest absolute Gasteiger partial charge is 0.456 e. The van der Waals surface area contributed by atoms with Gasteiger partial charge >= 0.3 is 5.97 Å². The summed E-state index contributed by atoms with van der Waals surface area (Å²) in [6, 6.07) is 17.2. The van der Waals surface area contributed by atoms with Gasteiger partial charge in [-0.1, -0.05) is 42.5 Å². The summed E-state index contributed by atoms with van der Waals surface area (Å²) in [5.41, 5.74) is 3.34. The van der Waals surface area contributed by atoms with E-state index >= 15 is 0 Å². The Labute approximate surface area is 167 Å². The fourth-order valence-electron chi connectivity index (χ4n) is 2.58. The molecule has 3 aromatic rings. The molecule has 0 aliphatic heterocycles. The summed E-state index contributed by atoms with van der Waals surface area (Å²) in [4.78, 5) is 30.1. The third-order valence-electron chi connectivity index (χ3n) is 3.88. The fourth-order valence-corrected chi connectivity index (χ4v) is 3.45. The number of thiazole rings is 1. The van der Waals surface area contributed by atoms with Crippen molar-refractivity contribution in [3.05, 3.63) is 82.9 Å². The predicted octanol–water partition coefficient (Wildman–Crippen LogP) is 4.89. The zero-order valence-electron chi connectivity index (χ0n) is 15.7. The van der Waals surface area contributed by atoms with Crippen LogP contribution in [0.2, 0.25) is 0 Å². The summed E-state index contributed by atoms with van der Waals surface area (Å²) in [5, 5.41) is 2.33. The van der Waals surface area contributed by atoms with Crippen molar-refractivity contribution in [2.45, 2.75) is 20.5 Å². The molecule has 1 aromatic heterocycles. The number of ether oxygens (including phenoxy) is 1. The van der Waals surface area contributed by atoms with Crippen LogP contribution in [0.25, 0.3) is 6.08 Å². The number of benzene rings is 2. The highest BCUT2D eigenvalue weighted by Crippen LogP contribution is 2.29. The molecule has 0 bridgehead atoms. The third-order valence-corrected chi connectivity index (χ3v) is 4.75. The molecule has 0 N–H and O–H groups in total. The van der Waals surface area contributed by atoms with E-state index in [2.05, 4.69) is 4.98 Å². The number of rotatable bonds is 6. The van der Waals surface area contributed by atoms with Gasteiger partial charge < -0.3 is 4.74 Å². The number of carbonyl (C=O) groups is 2. The van der Waals surface area contributed by atoms with Gasteiger partial charge in [-0.15, -0.1) is 11.3 Å². The van der Waals surface area contributed by atoms with E-state index in [0.29, 0.717) is 10.8 Å². The number of esters is 1. The zero-order valence-corrected chi connectivity index (χ0v) is 16.5. The molecule has 0 aliphatic carbocycles. The van der Waals surface area contributed by atoms with Crippen LogP contribution in [0.4, 0.5) is 10.8 Å². The van der Waals surface area contributed by atoms with Crippen molar-refractivity contribution in [2.24, 2.45) is 0 Å². The Kier molecular flexibility index (Phi) is 6.34. The van der Waals surface area contributed by atoms with Crippen LogP contribution >= 0.6 is 11.3 Å². The van der Waals surface area contributed by atoms with E-state index in [-0.39, 0.29) is 12.5 Å². The Morgan fingerprint density at radius 1 is 1.14 bits per heavy atom. The number of hydrogen-bond acceptors (Lipinski definition) is 5. The van der Waals surface area contributed by atoms with Gasteiger partial charge in [0.05, 0.1) is 11.4 Å². The highest BCUT2D eigenvalue weighted by atomic mass is 32.1. The van der Waals surface area contributed by atoms with Crippen molar-refractivity contribution in [3.63, 3.8) is 0 Å². The minimum Gasteiger partial charge on any atom is -0.456 e. The molecule has 5 nitrogen and oxygen atoms in total. The summed E-state index contributed by atoms with van der Waals surface area (Å²) >= 11 is 1.33. The molecule has 1 heterocycles. The van der Waals surface area contributed by atoms with Gasteiger partial charge in [0.1, 0.15) is 6.61 Å². The van der Waals surface area contributed by atoms with Crippen LogP contribution in [0.1, 0.15) is 23.7 Å². The minimum atomic E-state index is -0.444. The molecule has 3 rings (SSSR count). The van der Waals surface area contributed by atoms with Crippen molar-refractivity contribution in [2.75, 3.05) is 4.90 Å². The van der Waals surface area contributed by atoms with Crippen LogP contribution in [-0.4, -0.2) is 16.9 Å². The molecule has 0 aliphatic rings. The van der Waals surface area contributed by atoms with E-state index in [1.165, 1.54) is 24.3 Å². The monoisotopic (exact) mass is 392 g/mol. The van der Waals surface area contributed by atoms with Crippen molar-refractivity contribution >= 4 is 40.1 Å². The molecule has 1 amide bonds. The van der Waals surface area contributed by atoms with Gasteiger partial charge in [0, 0.05) is 18.4 Å². The normalized spacial score (nSPS) is 10.8. The topological polar surface area (TPSA) is 59.5 Å². The quantitative estimate of drug-likeness (QED) is 0.442. The molecule has 0 radical (unpaired) electrons. The van der Waals surface area contributed by atoms with Crippen LogP contribution in [0.15, 0.2) is 66.1 Å². The number of anilines is 2. The Hall–Kier alpha value is -3.25. The summed E-state index contributed by atoms with van der Waals surface area (Å²) in [6.07, 6.45) is 3.08. The number of carbonyl (C=O) groups excluding carboxylic acids is 2. The van der Waals surface area contributed by atoms with Crippen molar-refractivity contribution < 1.29 is 14.3 Å². The molecule has 0 spiro atoms. The summed E-state index contributed by atoms with van der Waals surface area (Å²) in [5.74, 6) is -0.574. The zero-order chi connectivity index (χ0) is 19.9. The minimum absolute atomic E-state index is 0.0496. The first-order chi connectivity index (χ1) is 13.5. The lowest BCUT2D eigenvalue weighted by Gasteiger charge is -2.18. The maximum Gasteiger partial charge on any atom is 0.331 e. The Morgan fingerprint density at radius 3 is 2.64 bits per heavy atom. The Bertz CT molecular complexity index is 996. The van der Waals surface area contributed by atoms with Gasteiger partial charge in [-0.3, -0.25) is 9.69 Å². The number of hydrogen-bond donors (Lipinski definition) is 0. The highest BCUT2D eigenvalue weighted by molar-refractivity contribution is 7.14. The molecule has 2 aromatic carbocycles. The summed E-state index contributed by atoms with van der Waals surface area (Å²) < 4.78 is 5.24. The van der Waals surface area contributed by atoms with Gasteiger partial charge in [0.25, 0.3) is 0 Å². The predicted molar refractivity (Wildman–Crippen MR) is 111 cm³/mol. The standard InChI is InChI=1S/C22H20N2O3S/c1-16-7-6-10-20(13-16)24(17(2)25)22-23-19(15-28-22)14-27-21(26)12-11-18-8-4-3-5-9-18/h3-13,15H,14H2,1-2H3/b12-11+. The average Bonchev–Trinajstić information content (AvgIpc) is 3.14. The first kappa shape index (κ1) is 19.5. The molecule has 0 saturated carbocycles. The van der Waals surface area contributed by atoms with Gasteiger partial charge in [-0.25, -0.2) is 9.78 Å². The molecule has 0 saturated heterocycles. The van der Waals surface area contributed by atoms with E-state index in [1.807, 2.05) is 61.5 Å². The second kappa shape index (κ2) is 9.10. The van der Waals surface area contributed by atoms with Gasteiger partial charge in [-0.2, -0.15) is 0 Å². The molecular weight excluding hydrogens is 372 g/mol. The van der Waals surface area contributed by atoms with Crippen LogP contribution in [-0.2, 0) is 20.9 Å². The summed E-state index contributed by atoms with van der Waals surface area (Å²) in [6.45, 7) is 3.52. The van der Waals surface area contributed by atoms with Crippen molar-refractivity contribution in [1.82, 2.24) is 4.98 Å². The van der Waals surface area contributed by atoms with Crippen molar-refractivity contribution in [1.29, 1.82) is 0 Å². The number of aryl methyl sites for hydroxylation is 1. The highest BCUT2D eigenvalue weighted by Gasteiger charge is 2.18. The second-order valence-electron chi connectivity index (χ2n) is 6.17. The Morgan fingerprint density at radius 2 is 1.93 bits per heavy atom. The van der Waals surface area contributed by atoms with Crippen molar-refractivity contribution in [3.8, 4) is 0 Å². The first-order valence-electron chi connectivity index (χ1n) is 8.74. The smallest absolute Gasteiger partial charge is 0.331 e. The molecule has 142 valence electrons. The van der Waals surface area contributed by atoms with E-state index in [9.17, 15) is 9.59 Å².